The van der Waals surface area contributed by atoms with E-state index in [9.17, 15) is 0 Å². The van der Waals surface area contributed by atoms with Gasteiger partial charge in [0, 0.05) is 0 Å². The molecule has 0 saturated carbocycles. The summed E-state index contributed by atoms with van der Waals surface area (Å²) >= 11 is 0.547. The van der Waals surface area contributed by atoms with Crippen LogP contribution in [0.25, 0.3) is 6.08 Å². The Hall–Kier alpha value is -0.821. The Balaban J connectivity index is 2.20. The third-order valence-electron chi connectivity index (χ3n) is 2.89. The zero-order chi connectivity index (χ0) is 11.4. The van der Waals surface area contributed by atoms with Gasteiger partial charge in [0.2, 0.25) is 0 Å². The molecule has 1 aliphatic carbocycles. The zero-order valence-corrected chi connectivity index (χ0v) is 11.3. The molecule has 1 heterocycles. The van der Waals surface area contributed by atoms with Crippen LogP contribution in [0, 0.1) is 0 Å². The Morgan fingerprint density at radius 2 is 2.31 bits per heavy atom. The van der Waals surface area contributed by atoms with Crippen molar-refractivity contribution >= 4 is 20.6 Å². The van der Waals surface area contributed by atoms with E-state index in [4.69, 9.17) is 5.73 Å². The van der Waals surface area contributed by atoms with E-state index in [0.717, 1.165) is 12.8 Å². The van der Waals surface area contributed by atoms with Gasteiger partial charge in [0.15, 0.2) is 0 Å². The third kappa shape index (κ3) is 2.65. The molecule has 16 heavy (non-hydrogen) atoms. The number of nitrogens with two attached hydrogens (primary N) is 1. The topological polar surface area (TPSA) is 26.0 Å². The maximum atomic E-state index is 5.73. The molecule has 0 atom stereocenters. The number of allylic oxidation sites excluding steroid dienone is 3. The van der Waals surface area contributed by atoms with Crippen LogP contribution in [-0.4, -0.2) is 21.0 Å². The molecule has 0 fully saturated rings. The van der Waals surface area contributed by atoms with E-state index in [2.05, 4.69) is 42.2 Å². The van der Waals surface area contributed by atoms with E-state index in [0.29, 0.717) is 21.0 Å². The van der Waals surface area contributed by atoms with Gasteiger partial charge in [-0.3, -0.25) is 0 Å². The molecule has 1 aromatic heterocycles. The van der Waals surface area contributed by atoms with Crippen molar-refractivity contribution in [1.29, 1.82) is 0 Å². The standard InChI is InChI=1S/C14H17NSe/c1-2-12-8-11(5-6-13(12)10-15)9-14-4-3-7-16-14/h3-7,9H,2,8,10,15H2,1H3. The van der Waals surface area contributed by atoms with Gasteiger partial charge >= 0.3 is 103 Å². The molecule has 1 aliphatic rings. The van der Waals surface area contributed by atoms with Crippen LogP contribution < -0.4 is 5.73 Å². The average molecular weight is 278 g/mol. The van der Waals surface area contributed by atoms with E-state index >= 15 is 0 Å². The zero-order valence-electron chi connectivity index (χ0n) is 9.57. The third-order valence-corrected chi connectivity index (χ3v) is 4.61. The first-order valence-corrected chi connectivity index (χ1v) is 7.51. The van der Waals surface area contributed by atoms with Crippen molar-refractivity contribution in [3.8, 4) is 0 Å². The van der Waals surface area contributed by atoms with Gasteiger partial charge in [0.25, 0.3) is 0 Å². The summed E-state index contributed by atoms with van der Waals surface area (Å²) in [6, 6.07) is 4.37. The van der Waals surface area contributed by atoms with Gasteiger partial charge in [-0.25, -0.2) is 0 Å². The molecule has 1 nitrogen and oxygen atoms in total. The molecule has 0 unspecified atom stereocenters. The normalized spacial score (nSPS) is 18.5. The molecule has 2 rings (SSSR count). The van der Waals surface area contributed by atoms with E-state index in [-0.39, 0.29) is 0 Å². The first-order valence-electron chi connectivity index (χ1n) is 5.66. The molecule has 0 aliphatic heterocycles. The maximum absolute atomic E-state index is 5.73. The molecule has 0 radical (unpaired) electrons. The van der Waals surface area contributed by atoms with Crippen LogP contribution in [0.4, 0.5) is 0 Å². The predicted molar refractivity (Wildman–Crippen MR) is 71.5 cm³/mol. The molecule has 0 saturated heterocycles. The molecular weight excluding hydrogens is 261 g/mol. The molecule has 0 bridgehead atoms. The Kier molecular flexibility index (Phi) is 4.00. The van der Waals surface area contributed by atoms with E-state index < -0.39 is 0 Å². The molecule has 0 spiro atoms. The van der Waals surface area contributed by atoms with Gasteiger partial charge in [-0.05, 0) is 0 Å². The van der Waals surface area contributed by atoms with E-state index in [1.807, 2.05) is 0 Å². The summed E-state index contributed by atoms with van der Waals surface area (Å²) in [5, 5.41) is 0. The molecule has 84 valence electrons. The van der Waals surface area contributed by atoms with Gasteiger partial charge in [-0.1, -0.05) is 0 Å². The fourth-order valence-corrected chi connectivity index (χ4v) is 3.41. The summed E-state index contributed by atoms with van der Waals surface area (Å²) in [6.07, 6.45) is 8.92. The van der Waals surface area contributed by atoms with Crippen molar-refractivity contribution in [2.24, 2.45) is 5.73 Å². The van der Waals surface area contributed by atoms with Crippen LogP contribution >= 0.6 is 0 Å². The molecule has 2 N–H and O–H groups in total. The SMILES string of the molecule is CCC1=C(CN)C=CC(=Cc2ccc[se]2)C1. The van der Waals surface area contributed by atoms with Crippen molar-refractivity contribution in [2.45, 2.75) is 19.8 Å². The van der Waals surface area contributed by atoms with Gasteiger partial charge < -0.3 is 0 Å². The Bertz CT molecular complexity index is 435. The van der Waals surface area contributed by atoms with Crippen molar-refractivity contribution in [3.63, 3.8) is 0 Å². The molecular formula is C14H17NSe. The van der Waals surface area contributed by atoms with E-state index in [1.165, 1.54) is 21.2 Å². The Morgan fingerprint density at radius 3 is 2.94 bits per heavy atom. The Labute approximate surface area is 103 Å². The summed E-state index contributed by atoms with van der Waals surface area (Å²) in [4.78, 5) is 2.26. The average Bonchev–Trinajstić information content (AvgIpc) is 2.81. The van der Waals surface area contributed by atoms with Crippen molar-refractivity contribution in [1.82, 2.24) is 0 Å². The van der Waals surface area contributed by atoms with Gasteiger partial charge in [-0.15, -0.1) is 0 Å². The first-order chi connectivity index (χ1) is 7.83. The van der Waals surface area contributed by atoms with Crippen LogP contribution in [0.1, 0.15) is 24.2 Å². The van der Waals surface area contributed by atoms with Gasteiger partial charge in [0.05, 0.1) is 0 Å². The van der Waals surface area contributed by atoms with Gasteiger partial charge in [0.1, 0.15) is 0 Å². The number of rotatable bonds is 3. The second-order valence-electron chi connectivity index (χ2n) is 3.93. The fourth-order valence-electron chi connectivity index (χ4n) is 1.96. The molecule has 0 aromatic carbocycles. The van der Waals surface area contributed by atoms with E-state index in [1.54, 1.807) is 0 Å². The molecule has 2 heteroatoms. The first kappa shape index (κ1) is 11.7. The second kappa shape index (κ2) is 5.49. The molecule has 0 amide bonds. The minimum atomic E-state index is 0.547. The van der Waals surface area contributed by atoms with Crippen LogP contribution in [0.3, 0.4) is 0 Å². The van der Waals surface area contributed by atoms with Crippen LogP contribution in [0.15, 0.2) is 45.9 Å². The summed E-state index contributed by atoms with van der Waals surface area (Å²) in [7, 11) is 0. The quantitative estimate of drug-likeness (QED) is 0.845. The van der Waals surface area contributed by atoms with Crippen LogP contribution in [0.2, 0.25) is 0 Å². The van der Waals surface area contributed by atoms with Crippen molar-refractivity contribution in [2.75, 3.05) is 6.54 Å². The summed E-state index contributed by atoms with van der Waals surface area (Å²) < 4.78 is 1.47. The fraction of sp³-hybridized carbons (Fsp3) is 0.286. The summed E-state index contributed by atoms with van der Waals surface area (Å²) in [5.41, 5.74) is 9.97. The van der Waals surface area contributed by atoms with Gasteiger partial charge in [-0.2, -0.15) is 0 Å². The van der Waals surface area contributed by atoms with Crippen molar-refractivity contribution in [3.05, 3.63) is 50.4 Å². The summed E-state index contributed by atoms with van der Waals surface area (Å²) in [5.74, 6) is 0. The second-order valence-corrected chi connectivity index (χ2v) is 5.99. The van der Waals surface area contributed by atoms with Crippen LogP contribution in [0.5, 0.6) is 0 Å². The Morgan fingerprint density at radius 1 is 1.44 bits per heavy atom. The summed E-state index contributed by atoms with van der Waals surface area (Å²) in [6.45, 7) is 2.88. The minimum absolute atomic E-state index is 0.547. The monoisotopic (exact) mass is 279 g/mol. The number of hydrogen-bond donors (Lipinski definition) is 1. The molecule has 1 aromatic rings. The predicted octanol–water partition coefficient (Wildman–Crippen LogP) is 2.75. The van der Waals surface area contributed by atoms with Crippen LogP contribution in [-0.2, 0) is 0 Å². The number of hydrogen-bond acceptors (Lipinski definition) is 1. The van der Waals surface area contributed by atoms with Crippen molar-refractivity contribution < 1.29 is 0 Å².